The van der Waals surface area contributed by atoms with Gasteiger partial charge in [0, 0.05) is 35.8 Å². The van der Waals surface area contributed by atoms with Crippen LogP contribution in [-0.2, 0) is 11.3 Å². The fourth-order valence-electron chi connectivity index (χ4n) is 3.45. The number of aromatic amines is 1. The molecule has 3 aromatic rings. The van der Waals surface area contributed by atoms with E-state index in [-0.39, 0.29) is 30.0 Å². The third-order valence-corrected chi connectivity index (χ3v) is 5.52. The van der Waals surface area contributed by atoms with Gasteiger partial charge in [-0.05, 0) is 43.5 Å². The van der Waals surface area contributed by atoms with Gasteiger partial charge < -0.3 is 26.4 Å². The molecule has 1 atom stereocenters. The Labute approximate surface area is 199 Å². The quantitative estimate of drug-likeness (QED) is 0.257. The number of carbonyl (C=O) groups excluding carboxylic acids is 1. The topological polar surface area (TPSA) is 144 Å². The summed E-state index contributed by atoms with van der Waals surface area (Å²) in [5.74, 6) is -0.505. The fraction of sp³-hybridized carbons (Fsp3) is 0.304. The Bertz CT molecular complexity index is 1210. The Kier molecular flexibility index (Phi) is 7.09. The first-order valence-corrected chi connectivity index (χ1v) is 11.1. The van der Waals surface area contributed by atoms with Crippen LogP contribution in [0.15, 0.2) is 36.4 Å². The van der Waals surface area contributed by atoms with Crippen LogP contribution in [0.5, 0.6) is 0 Å². The summed E-state index contributed by atoms with van der Waals surface area (Å²) < 4.78 is 28.3. The number of carbonyl (C=O) groups is 2. The lowest BCUT2D eigenvalue weighted by Gasteiger charge is -2.19. The summed E-state index contributed by atoms with van der Waals surface area (Å²) in [5.41, 5.74) is 2.09. The molecule has 10 nitrogen and oxygen atoms in total. The molecule has 1 aliphatic rings. The number of hydrogen-bond acceptors (Lipinski definition) is 6. The molecule has 6 N–H and O–H groups in total. The number of anilines is 3. The largest absolute Gasteiger partial charge is 0.465 e. The van der Waals surface area contributed by atoms with Crippen molar-refractivity contribution in [2.75, 3.05) is 17.2 Å². The molecule has 1 saturated carbocycles. The molecule has 4 rings (SSSR count). The van der Waals surface area contributed by atoms with Crippen LogP contribution >= 0.6 is 0 Å². The first-order chi connectivity index (χ1) is 16.8. The van der Waals surface area contributed by atoms with E-state index < -0.39 is 24.4 Å². The summed E-state index contributed by atoms with van der Waals surface area (Å²) in [7, 11) is 0. The van der Waals surface area contributed by atoms with Gasteiger partial charge in [-0.3, -0.25) is 9.89 Å². The van der Waals surface area contributed by atoms with E-state index in [2.05, 4.69) is 31.1 Å². The van der Waals surface area contributed by atoms with Gasteiger partial charge in [0.25, 0.3) is 0 Å². The van der Waals surface area contributed by atoms with Crippen LogP contribution in [0, 0.1) is 11.6 Å². The van der Waals surface area contributed by atoms with Gasteiger partial charge in [0.15, 0.2) is 17.5 Å². The maximum atomic E-state index is 14.9. The number of nitrogens with zero attached hydrogens (tertiary/aromatic N) is 2. The molecule has 12 heteroatoms. The SMILES string of the molecule is C[C@H](Nc1nc(Nc2cc(C3CC3)[nH]n2)c(F)cc1CNC(=O)CNC(=O)O)c1ccc(F)cc1. The van der Waals surface area contributed by atoms with Gasteiger partial charge in [0.2, 0.25) is 5.91 Å². The first kappa shape index (κ1) is 23.9. The first-order valence-electron chi connectivity index (χ1n) is 11.1. The minimum atomic E-state index is -1.33. The van der Waals surface area contributed by atoms with Gasteiger partial charge in [-0.2, -0.15) is 5.10 Å². The van der Waals surface area contributed by atoms with E-state index in [1.54, 1.807) is 12.1 Å². The molecule has 1 aromatic carbocycles. The molecule has 2 amide bonds. The van der Waals surface area contributed by atoms with Crippen molar-refractivity contribution < 1.29 is 23.5 Å². The van der Waals surface area contributed by atoms with E-state index in [9.17, 15) is 18.4 Å². The summed E-state index contributed by atoms with van der Waals surface area (Å²) in [4.78, 5) is 26.9. The molecule has 2 aromatic heterocycles. The van der Waals surface area contributed by atoms with Gasteiger partial charge >= 0.3 is 6.09 Å². The number of nitrogens with one attached hydrogen (secondary N) is 5. The molecule has 184 valence electrons. The van der Waals surface area contributed by atoms with Crippen molar-refractivity contribution in [3.8, 4) is 0 Å². The highest BCUT2D eigenvalue weighted by atomic mass is 19.1. The number of H-pyrrole nitrogens is 1. The van der Waals surface area contributed by atoms with Crippen LogP contribution in [0.3, 0.4) is 0 Å². The van der Waals surface area contributed by atoms with E-state index in [0.717, 1.165) is 24.1 Å². The minimum absolute atomic E-state index is 0.0599. The Hall–Kier alpha value is -4.22. The summed E-state index contributed by atoms with van der Waals surface area (Å²) in [6.07, 6.45) is 0.847. The Morgan fingerprint density at radius 3 is 2.57 bits per heavy atom. The van der Waals surface area contributed by atoms with Crippen molar-refractivity contribution in [3.05, 3.63) is 64.9 Å². The van der Waals surface area contributed by atoms with Crippen LogP contribution in [0.25, 0.3) is 0 Å². The standard InChI is InChI=1S/C23H25F2N7O3/c1-12(13-4-6-16(24)7-5-13)28-21-15(10-26-20(33)11-27-23(34)35)8-17(25)22(30-21)29-19-9-18(31-32-19)14-2-3-14/h4-9,12,14,27H,2-3,10-11H2,1H3,(H,26,33)(H,34,35)(H3,28,29,30,31,32)/t12-/m0/s1. The van der Waals surface area contributed by atoms with E-state index in [1.807, 2.05) is 18.3 Å². The van der Waals surface area contributed by atoms with Crippen LogP contribution in [-0.4, -0.2) is 38.8 Å². The summed E-state index contributed by atoms with van der Waals surface area (Å²) in [6, 6.07) is 8.64. The number of pyridine rings is 1. The molecule has 0 spiro atoms. The van der Waals surface area contributed by atoms with Gasteiger partial charge in [0.05, 0.1) is 6.54 Å². The predicted molar refractivity (Wildman–Crippen MR) is 124 cm³/mol. The predicted octanol–water partition coefficient (Wildman–Crippen LogP) is 3.76. The van der Waals surface area contributed by atoms with Gasteiger partial charge in [-0.25, -0.2) is 18.6 Å². The molecular weight excluding hydrogens is 460 g/mol. The Morgan fingerprint density at radius 2 is 1.89 bits per heavy atom. The third-order valence-electron chi connectivity index (χ3n) is 5.52. The number of aromatic nitrogens is 3. The second-order valence-corrected chi connectivity index (χ2v) is 8.29. The molecule has 0 bridgehead atoms. The van der Waals surface area contributed by atoms with Crippen molar-refractivity contribution in [2.45, 2.75) is 38.3 Å². The van der Waals surface area contributed by atoms with Crippen LogP contribution < -0.4 is 21.3 Å². The normalized spacial score (nSPS) is 13.7. The molecule has 1 aliphatic carbocycles. The van der Waals surface area contributed by atoms with E-state index >= 15 is 0 Å². The number of amides is 2. The number of carboxylic acid groups (broad SMARTS) is 1. The number of hydrogen-bond donors (Lipinski definition) is 6. The number of benzene rings is 1. The Balaban J connectivity index is 1.55. The summed E-state index contributed by atoms with van der Waals surface area (Å²) in [6.45, 7) is 1.29. The smallest absolute Gasteiger partial charge is 0.405 e. The zero-order valence-corrected chi connectivity index (χ0v) is 18.9. The second-order valence-electron chi connectivity index (χ2n) is 8.29. The lowest BCUT2D eigenvalue weighted by Crippen LogP contribution is -2.36. The van der Waals surface area contributed by atoms with Crippen molar-refractivity contribution >= 4 is 29.5 Å². The summed E-state index contributed by atoms with van der Waals surface area (Å²) in [5, 5.41) is 26.3. The fourth-order valence-corrected chi connectivity index (χ4v) is 3.45. The highest BCUT2D eigenvalue weighted by Crippen LogP contribution is 2.39. The average molecular weight is 485 g/mol. The van der Waals surface area contributed by atoms with Crippen molar-refractivity contribution in [1.29, 1.82) is 0 Å². The monoisotopic (exact) mass is 485 g/mol. The van der Waals surface area contributed by atoms with Crippen LogP contribution in [0.2, 0.25) is 0 Å². The highest BCUT2D eigenvalue weighted by Gasteiger charge is 2.26. The van der Waals surface area contributed by atoms with Crippen molar-refractivity contribution in [2.24, 2.45) is 0 Å². The average Bonchev–Trinajstić information content (AvgIpc) is 3.57. The Morgan fingerprint density at radius 1 is 1.14 bits per heavy atom. The number of rotatable bonds is 10. The number of halogens is 2. The minimum Gasteiger partial charge on any atom is -0.465 e. The molecule has 2 heterocycles. The van der Waals surface area contributed by atoms with Gasteiger partial charge in [-0.15, -0.1) is 0 Å². The van der Waals surface area contributed by atoms with E-state index in [1.165, 1.54) is 18.2 Å². The lowest BCUT2D eigenvalue weighted by molar-refractivity contribution is -0.120. The van der Waals surface area contributed by atoms with Crippen LogP contribution in [0.1, 0.15) is 48.5 Å². The zero-order valence-electron chi connectivity index (χ0n) is 18.9. The van der Waals surface area contributed by atoms with Crippen molar-refractivity contribution in [1.82, 2.24) is 25.8 Å². The van der Waals surface area contributed by atoms with E-state index in [0.29, 0.717) is 17.3 Å². The maximum Gasteiger partial charge on any atom is 0.405 e. The molecule has 0 radical (unpaired) electrons. The molecule has 1 fully saturated rings. The molecule has 0 saturated heterocycles. The molecule has 0 unspecified atom stereocenters. The summed E-state index contributed by atoms with van der Waals surface area (Å²) >= 11 is 0. The van der Waals surface area contributed by atoms with Gasteiger partial charge in [0.1, 0.15) is 11.6 Å². The van der Waals surface area contributed by atoms with Crippen LogP contribution in [0.4, 0.5) is 31.0 Å². The third kappa shape index (κ3) is 6.43. The second kappa shape index (κ2) is 10.4. The van der Waals surface area contributed by atoms with E-state index in [4.69, 9.17) is 5.11 Å². The lowest BCUT2D eigenvalue weighted by atomic mass is 10.1. The molecule has 35 heavy (non-hydrogen) atoms. The zero-order chi connectivity index (χ0) is 24.9. The molecule has 0 aliphatic heterocycles. The molecular formula is C23H25F2N7O3. The highest BCUT2D eigenvalue weighted by molar-refractivity contribution is 5.81. The maximum absolute atomic E-state index is 14.9. The van der Waals surface area contributed by atoms with Gasteiger partial charge in [-0.1, -0.05) is 12.1 Å². The van der Waals surface area contributed by atoms with Crippen molar-refractivity contribution in [3.63, 3.8) is 0 Å².